The summed E-state index contributed by atoms with van der Waals surface area (Å²) in [7, 11) is 0. The summed E-state index contributed by atoms with van der Waals surface area (Å²) in [6.07, 6.45) is 0. The molecule has 0 aromatic heterocycles. The van der Waals surface area contributed by atoms with Crippen molar-refractivity contribution in [2.45, 2.75) is 6.92 Å². The molecular weight excluding hydrogens is 422 g/mol. The minimum Gasteiger partial charge on any atom is -0.0609 e. The van der Waals surface area contributed by atoms with Gasteiger partial charge < -0.3 is 0 Å². The lowest BCUT2D eigenvalue weighted by Crippen LogP contribution is -1.97. The van der Waals surface area contributed by atoms with Gasteiger partial charge in [-0.1, -0.05) is 31.2 Å². The van der Waals surface area contributed by atoms with Crippen LogP contribution in [-0.2, 0) is 0 Å². The molecule has 0 N–H and O–H groups in total. The fraction of sp³-hybridized carbons (Fsp3) is 0.0714. The molecule has 0 atom stereocenters. The van der Waals surface area contributed by atoms with E-state index in [1.165, 1.54) is 24.2 Å². The van der Waals surface area contributed by atoms with Gasteiger partial charge in [-0.25, -0.2) is 0 Å². The van der Waals surface area contributed by atoms with Gasteiger partial charge in [0.1, 0.15) is 0 Å². The average molecular weight is 433 g/mol. The molecule has 0 fully saturated rings. The van der Waals surface area contributed by atoms with Gasteiger partial charge in [-0.05, 0) is 80.6 Å². The summed E-state index contributed by atoms with van der Waals surface area (Å²) in [5.74, 6) is 1.33. The maximum absolute atomic E-state index is 2.35. The highest BCUT2D eigenvalue weighted by atomic mass is 127. The quantitative estimate of drug-likeness (QED) is 0.593. The first-order chi connectivity index (χ1) is 7.66. The third kappa shape index (κ3) is 2.97. The monoisotopic (exact) mass is 433 g/mol. The zero-order valence-corrected chi connectivity index (χ0v) is 13.2. The molecule has 0 amide bonds. The maximum Gasteiger partial charge on any atom is 0.0309 e. The molecule has 2 rings (SSSR count). The van der Waals surface area contributed by atoms with Crippen molar-refractivity contribution in [1.82, 2.24) is 0 Å². The minimum absolute atomic E-state index is 1.27. The first-order valence-corrected chi connectivity index (χ1v) is 7.18. The normalized spacial score (nSPS) is 10.8. The number of rotatable bonds is 2. The average Bonchev–Trinajstić information content (AvgIpc) is 2.29. The first kappa shape index (κ1) is 12.4. The Kier molecular flexibility index (Phi) is 4.24. The highest BCUT2D eigenvalue weighted by Crippen LogP contribution is 2.24. The second-order valence-corrected chi connectivity index (χ2v) is 6.13. The Balaban J connectivity index is 2.31. The predicted molar refractivity (Wildman–Crippen MR) is 85.4 cm³/mol. The zero-order valence-electron chi connectivity index (χ0n) is 8.87. The van der Waals surface area contributed by atoms with Crippen LogP contribution >= 0.6 is 45.2 Å². The third-order valence-electron chi connectivity index (χ3n) is 2.53. The molecule has 0 unspecified atom stereocenters. The van der Waals surface area contributed by atoms with Crippen molar-refractivity contribution in [3.05, 3.63) is 72.7 Å². The van der Waals surface area contributed by atoms with E-state index in [2.05, 4.69) is 101 Å². The van der Waals surface area contributed by atoms with Gasteiger partial charge in [-0.15, -0.1) is 0 Å². The smallest absolute Gasteiger partial charge is 0.0309 e. The number of hydrogen-bond donors (Lipinski definition) is 0. The second-order valence-electron chi connectivity index (χ2n) is 3.64. The first-order valence-electron chi connectivity index (χ1n) is 5.02. The van der Waals surface area contributed by atoms with E-state index in [0.717, 1.165) is 0 Å². The van der Waals surface area contributed by atoms with Crippen LogP contribution in [0.15, 0.2) is 48.5 Å². The molecule has 0 saturated carbocycles. The van der Waals surface area contributed by atoms with E-state index in [9.17, 15) is 0 Å². The molecule has 0 saturated heterocycles. The van der Waals surface area contributed by atoms with Crippen LogP contribution in [0.3, 0.4) is 0 Å². The van der Waals surface area contributed by atoms with Crippen LogP contribution in [0.1, 0.15) is 18.1 Å². The van der Waals surface area contributed by atoms with Crippen LogP contribution in [0.4, 0.5) is 0 Å². The molecule has 2 aromatic carbocycles. The lowest BCUT2D eigenvalue weighted by molar-refractivity contribution is 1.19. The van der Waals surface area contributed by atoms with Crippen LogP contribution in [0.25, 0.3) is 0 Å². The van der Waals surface area contributed by atoms with E-state index in [-0.39, 0.29) is 0 Å². The molecule has 16 heavy (non-hydrogen) atoms. The largest absolute Gasteiger partial charge is 0.0609 e. The maximum atomic E-state index is 2.35. The number of halogens is 2. The van der Waals surface area contributed by atoms with Gasteiger partial charge in [0.05, 0.1) is 0 Å². The van der Waals surface area contributed by atoms with Crippen molar-refractivity contribution in [3.8, 4) is 0 Å². The van der Waals surface area contributed by atoms with Crippen molar-refractivity contribution in [1.29, 1.82) is 0 Å². The van der Waals surface area contributed by atoms with Crippen molar-refractivity contribution in [2.24, 2.45) is 0 Å². The Labute approximate surface area is 124 Å². The molecule has 0 spiro atoms. The molecule has 0 aliphatic carbocycles. The van der Waals surface area contributed by atoms with E-state index in [4.69, 9.17) is 0 Å². The van der Waals surface area contributed by atoms with Gasteiger partial charge >= 0.3 is 0 Å². The van der Waals surface area contributed by atoms with Crippen molar-refractivity contribution < 1.29 is 0 Å². The summed E-state index contributed by atoms with van der Waals surface area (Å²) >= 11 is 4.68. The van der Waals surface area contributed by atoms with Gasteiger partial charge in [0.25, 0.3) is 0 Å². The van der Waals surface area contributed by atoms with E-state index >= 15 is 0 Å². The molecule has 81 valence electrons. The summed E-state index contributed by atoms with van der Waals surface area (Å²) in [5.41, 5.74) is 2.59. The predicted octanol–water partition coefficient (Wildman–Crippen LogP) is 4.89. The summed E-state index contributed by atoms with van der Waals surface area (Å²) in [6, 6.07) is 17.2. The summed E-state index contributed by atoms with van der Waals surface area (Å²) in [4.78, 5) is 0. The van der Waals surface area contributed by atoms with E-state index in [1.54, 1.807) is 0 Å². The topological polar surface area (TPSA) is 0 Å². The van der Waals surface area contributed by atoms with Crippen LogP contribution in [0.5, 0.6) is 0 Å². The molecule has 0 aliphatic rings. The van der Waals surface area contributed by atoms with Gasteiger partial charge in [0.2, 0.25) is 0 Å². The zero-order chi connectivity index (χ0) is 11.5. The lowest BCUT2D eigenvalue weighted by Gasteiger charge is -2.12. The van der Waals surface area contributed by atoms with E-state index in [1.807, 2.05) is 0 Å². The Hall–Kier alpha value is -0.100. The highest BCUT2D eigenvalue weighted by molar-refractivity contribution is 14.1. The van der Waals surface area contributed by atoms with Gasteiger partial charge in [-0.3, -0.25) is 0 Å². The van der Waals surface area contributed by atoms with Crippen molar-refractivity contribution in [2.75, 3.05) is 0 Å². The van der Waals surface area contributed by atoms with Crippen LogP contribution < -0.4 is 0 Å². The van der Waals surface area contributed by atoms with Crippen LogP contribution in [0, 0.1) is 13.1 Å². The van der Waals surface area contributed by atoms with E-state index in [0.29, 0.717) is 0 Å². The Bertz CT molecular complexity index is 474. The van der Waals surface area contributed by atoms with Crippen molar-refractivity contribution >= 4 is 45.2 Å². The molecule has 0 nitrogen and oxygen atoms in total. The molecular formula is C14H11I2. The SMILES string of the molecule is C[C](c1ccc(I)cc1)c1cccc(I)c1. The second kappa shape index (κ2) is 5.49. The number of benzene rings is 2. The highest BCUT2D eigenvalue weighted by Gasteiger charge is 2.08. The lowest BCUT2D eigenvalue weighted by atomic mass is 9.93. The van der Waals surface area contributed by atoms with Gasteiger partial charge in [0, 0.05) is 13.1 Å². The fourth-order valence-corrected chi connectivity index (χ4v) is 2.49. The Morgan fingerprint density at radius 3 is 2.12 bits per heavy atom. The standard InChI is InChI=1S/C14H11I2/c1-10(11-5-7-13(15)8-6-11)12-3-2-4-14(16)9-12/h2-9H,1H3. The molecule has 0 aliphatic heterocycles. The van der Waals surface area contributed by atoms with E-state index < -0.39 is 0 Å². The molecule has 2 heteroatoms. The van der Waals surface area contributed by atoms with Crippen LogP contribution in [-0.4, -0.2) is 0 Å². The Morgan fingerprint density at radius 1 is 0.812 bits per heavy atom. The van der Waals surface area contributed by atoms with Crippen molar-refractivity contribution in [3.63, 3.8) is 0 Å². The molecule has 0 heterocycles. The Morgan fingerprint density at radius 2 is 1.50 bits per heavy atom. The third-order valence-corrected chi connectivity index (χ3v) is 3.93. The summed E-state index contributed by atoms with van der Waals surface area (Å²) in [6.45, 7) is 2.17. The molecule has 0 bridgehead atoms. The molecule has 2 aromatic rings. The summed E-state index contributed by atoms with van der Waals surface area (Å²) in [5, 5.41) is 0. The van der Waals surface area contributed by atoms with Crippen LogP contribution in [0.2, 0.25) is 0 Å². The van der Waals surface area contributed by atoms with Gasteiger partial charge in [-0.2, -0.15) is 0 Å². The summed E-state index contributed by atoms with van der Waals surface area (Å²) < 4.78 is 2.55. The molecule has 1 radical (unpaired) electrons. The van der Waals surface area contributed by atoms with Gasteiger partial charge in [0.15, 0.2) is 0 Å². The fourth-order valence-electron chi connectivity index (χ4n) is 1.59. The number of hydrogen-bond acceptors (Lipinski definition) is 0. The minimum atomic E-state index is 1.27.